The van der Waals surface area contributed by atoms with Gasteiger partial charge in [0, 0.05) is 5.57 Å². The predicted octanol–water partition coefficient (Wildman–Crippen LogP) is 5.02. The van der Waals surface area contributed by atoms with Gasteiger partial charge in [-0.1, -0.05) is 30.3 Å². The third kappa shape index (κ3) is 4.67. The zero-order valence-corrected chi connectivity index (χ0v) is 17.9. The largest absolute Gasteiger partial charge is 0.493 e. The average Bonchev–Trinajstić information content (AvgIpc) is 2.77. The van der Waals surface area contributed by atoms with E-state index in [2.05, 4.69) is 0 Å². The fourth-order valence-electron chi connectivity index (χ4n) is 3.03. The first kappa shape index (κ1) is 20.7. The Morgan fingerprint density at radius 1 is 0.964 bits per heavy atom. The van der Waals surface area contributed by atoms with Crippen LogP contribution in [0.3, 0.4) is 0 Å². The molecule has 2 aromatic rings. The second kappa shape index (κ2) is 9.94. The molecule has 0 aromatic heterocycles. The number of ketones is 1. The van der Waals surface area contributed by atoms with Crippen LogP contribution in [0.5, 0.6) is 17.2 Å². The summed E-state index contributed by atoms with van der Waals surface area (Å²) in [6.07, 6.45) is 3.06. The van der Waals surface area contributed by atoms with E-state index in [4.69, 9.17) is 14.2 Å². The summed E-state index contributed by atoms with van der Waals surface area (Å²) in [5.41, 5.74) is 2.43. The molecule has 0 bridgehead atoms. The monoisotopic (exact) mass is 416 g/mol. The molecule has 1 saturated heterocycles. The van der Waals surface area contributed by atoms with Crippen LogP contribution in [0.15, 0.2) is 42.5 Å². The molecule has 0 radical (unpaired) electrons. The molecule has 1 heterocycles. The van der Waals surface area contributed by atoms with Gasteiger partial charge in [-0.05, 0) is 47.3 Å². The molecule has 0 atom stereocenters. The fourth-order valence-corrected chi connectivity index (χ4v) is 5.78. The summed E-state index contributed by atoms with van der Waals surface area (Å²) in [5.74, 6) is 3.86. The van der Waals surface area contributed by atoms with E-state index in [0.717, 1.165) is 29.1 Å². The number of allylic oxidation sites excluding steroid dienone is 1. The van der Waals surface area contributed by atoms with Gasteiger partial charge in [-0.3, -0.25) is 4.79 Å². The highest BCUT2D eigenvalue weighted by atomic mass is 32.2. The van der Waals surface area contributed by atoms with E-state index in [-0.39, 0.29) is 10.4 Å². The second-order valence-corrected chi connectivity index (χ2v) is 8.90. The molecule has 0 unspecified atom stereocenters. The topological polar surface area (TPSA) is 44.8 Å². The van der Waals surface area contributed by atoms with Crippen molar-refractivity contribution in [3.8, 4) is 17.2 Å². The van der Waals surface area contributed by atoms with Crippen molar-refractivity contribution in [2.45, 2.75) is 11.0 Å². The van der Waals surface area contributed by atoms with Gasteiger partial charge in [-0.2, -0.15) is 0 Å². The smallest absolute Gasteiger partial charge is 0.203 e. The quantitative estimate of drug-likeness (QED) is 0.467. The Morgan fingerprint density at radius 3 is 2.11 bits per heavy atom. The highest BCUT2D eigenvalue weighted by molar-refractivity contribution is 8.18. The van der Waals surface area contributed by atoms with Gasteiger partial charge in [0.1, 0.15) is 4.58 Å². The van der Waals surface area contributed by atoms with Crippen molar-refractivity contribution in [1.29, 1.82) is 0 Å². The summed E-state index contributed by atoms with van der Waals surface area (Å²) in [5, 5.41) is 0. The number of thioether (sulfide) groups is 2. The number of ether oxygens (including phenoxy) is 3. The van der Waals surface area contributed by atoms with E-state index in [1.165, 1.54) is 0 Å². The molecular weight excluding hydrogens is 392 g/mol. The third-order valence-electron chi connectivity index (χ3n) is 4.39. The molecule has 3 rings (SSSR count). The summed E-state index contributed by atoms with van der Waals surface area (Å²) in [7, 11) is 4.75. The molecule has 0 saturated carbocycles. The first-order chi connectivity index (χ1) is 13.7. The number of hydrogen-bond donors (Lipinski definition) is 0. The first-order valence-corrected chi connectivity index (χ1v) is 11.1. The van der Waals surface area contributed by atoms with Crippen molar-refractivity contribution < 1.29 is 19.0 Å². The number of rotatable bonds is 7. The highest BCUT2D eigenvalue weighted by Crippen LogP contribution is 2.40. The van der Waals surface area contributed by atoms with Gasteiger partial charge in [0.05, 0.1) is 21.3 Å². The number of benzene rings is 2. The van der Waals surface area contributed by atoms with Gasteiger partial charge >= 0.3 is 0 Å². The Hall–Kier alpha value is -2.05. The Bertz CT molecular complexity index is 818. The molecular formula is C22H24O4S2. The van der Waals surface area contributed by atoms with Crippen molar-refractivity contribution in [2.24, 2.45) is 0 Å². The predicted molar refractivity (Wildman–Crippen MR) is 119 cm³/mol. The van der Waals surface area contributed by atoms with E-state index in [1.807, 2.05) is 48.5 Å². The lowest BCUT2D eigenvalue weighted by atomic mass is 9.99. The minimum absolute atomic E-state index is 0.0674. The average molecular weight is 417 g/mol. The molecule has 6 heteroatoms. The molecule has 0 spiro atoms. The SMILES string of the molecule is COc1cc(/C=C(/C(=O)C2SCCCS2)c2ccccc2)cc(OC)c1OC. The molecule has 0 aliphatic carbocycles. The van der Waals surface area contributed by atoms with Crippen molar-refractivity contribution >= 4 is 41.0 Å². The van der Waals surface area contributed by atoms with Crippen LogP contribution in [0.2, 0.25) is 0 Å². The molecule has 28 heavy (non-hydrogen) atoms. The maximum Gasteiger partial charge on any atom is 0.203 e. The summed E-state index contributed by atoms with van der Waals surface area (Å²) in [6, 6.07) is 13.5. The molecule has 1 fully saturated rings. The maximum atomic E-state index is 13.3. The number of carbonyl (C=O) groups excluding carboxylic acids is 1. The third-order valence-corrected chi connectivity index (χ3v) is 7.29. The Morgan fingerprint density at radius 2 is 1.57 bits per heavy atom. The van der Waals surface area contributed by atoms with E-state index < -0.39 is 0 Å². The van der Waals surface area contributed by atoms with Crippen molar-refractivity contribution in [3.63, 3.8) is 0 Å². The van der Waals surface area contributed by atoms with Crippen LogP contribution in [0.4, 0.5) is 0 Å². The molecule has 148 valence electrons. The Balaban J connectivity index is 2.07. The standard InChI is InChI=1S/C22H24O4S2/c1-24-18-13-15(14-19(25-2)21(18)26-3)12-17(16-8-5-4-6-9-16)20(23)22-27-10-7-11-28-22/h4-6,8-9,12-14,22H,7,10-11H2,1-3H3/b17-12+. The number of methoxy groups -OCH3 is 3. The van der Waals surface area contributed by atoms with Crippen LogP contribution < -0.4 is 14.2 Å². The lowest BCUT2D eigenvalue weighted by Gasteiger charge is -2.21. The Kier molecular flexibility index (Phi) is 7.34. The van der Waals surface area contributed by atoms with E-state index in [9.17, 15) is 4.79 Å². The summed E-state index contributed by atoms with van der Waals surface area (Å²) in [4.78, 5) is 13.3. The summed E-state index contributed by atoms with van der Waals surface area (Å²) >= 11 is 3.46. The zero-order valence-electron chi connectivity index (χ0n) is 16.3. The van der Waals surface area contributed by atoms with E-state index >= 15 is 0 Å². The number of Topliss-reactive ketones (excluding diaryl/α,β-unsaturated/α-hetero) is 1. The fraction of sp³-hybridized carbons (Fsp3) is 0.318. The molecule has 0 N–H and O–H groups in total. The normalized spacial score (nSPS) is 15.2. The summed E-state index contributed by atoms with van der Waals surface area (Å²) < 4.78 is 16.2. The van der Waals surface area contributed by atoms with Gasteiger partial charge in [-0.25, -0.2) is 0 Å². The minimum Gasteiger partial charge on any atom is -0.493 e. The molecule has 1 aliphatic rings. The van der Waals surface area contributed by atoms with Crippen molar-refractivity contribution in [3.05, 3.63) is 53.6 Å². The Labute approximate surface area is 174 Å². The molecule has 4 nitrogen and oxygen atoms in total. The molecule has 1 aliphatic heterocycles. The van der Waals surface area contributed by atoms with Crippen LogP contribution in [0, 0.1) is 0 Å². The lowest BCUT2D eigenvalue weighted by Crippen LogP contribution is -2.19. The van der Waals surface area contributed by atoms with Crippen LogP contribution in [0.1, 0.15) is 17.5 Å². The first-order valence-electron chi connectivity index (χ1n) is 9.02. The zero-order chi connectivity index (χ0) is 19.9. The van der Waals surface area contributed by atoms with Crippen molar-refractivity contribution in [1.82, 2.24) is 0 Å². The van der Waals surface area contributed by atoms with Crippen LogP contribution >= 0.6 is 23.5 Å². The van der Waals surface area contributed by atoms with Crippen molar-refractivity contribution in [2.75, 3.05) is 32.8 Å². The van der Waals surface area contributed by atoms with Crippen LogP contribution in [0.25, 0.3) is 11.6 Å². The maximum absolute atomic E-state index is 13.3. The van der Waals surface area contributed by atoms with Gasteiger partial charge in [-0.15, -0.1) is 23.5 Å². The highest BCUT2D eigenvalue weighted by Gasteiger charge is 2.26. The van der Waals surface area contributed by atoms with Gasteiger partial charge in [0.2, 0.25) is 5.75 Å². The van der Waals surface area contributed by atoms with E-state index in [0.29, 0.717) is 22.8 Å². The van der Waals surface area contributed by atoms with Gasteiger partial charge < -0.3 is 14.2 Å². The molecule has 0 amide bonds. The second-order valence-electron chi connectivity index (χ2n) is 6.17. The van der Waals surface area contributed by atoms with E-state index in [1.54, 1.807) is 44.9 Å². The van der Waals surface area contributed by atoms with Crippen LogP contribution in [-0.4, -0.2) is 43.2 Å². The summed E-state index contributed by atoms with van der Waals surface area (Å²) in [6.45, 7) is 0. The number of carbonyl (C=O) groups is 1. The van der Waals surface area contributed by atoms with Crippen LogP contribution in [-0.2, 0) is 4.79 Å². The number of hydrogen-bond acceptors (Lipinski definition) is 6. The van der Waals surface area contributed by atoms with Gasteiger partial charge in [0.15, 0.2) is 17.3 Å². The van der Waals surface area contributed by atoms with Gasteiger partial charge in [0.25, 0.3) is 0 Å². The minimum atomic E-state index is -0.0674. The lowest BCUT2D eigenvalue weighted by molar-refractivity contribution is -0.112. The molecule has 2 aromatic carbocycles.